The third-order valence-corrected chi connectivity index (χ3v) is 4.60. The highest BCUT2D eigenvalue weighted by molar-refractivity contribution is 7.13. The van der Waals surface area contributed by atoms with Crippen LogP contribution < -0.4 is 10.1 Å². The molecule has 0 radical (unpaired) electrons. The van der Waals surface area contributed by atoms with E-state index in [1.807, 2.05) is 0 Å². The van der Waals surface area contributed by atoms with Gasteiger partial charge in [-0.15, -0.1) is 17.9 Å². The monoisotopic (exact) mass is 404 g/mol. The quantitative estimate of drug-likeness (QED) is 0.580. The fourth-order valence-electron chi connectivity index (χ4n) is 2.32. The number of rotatable bonds is 7. The van der Waals surface area contributed by atoms with Crippen molar-refractivity contribution in [2.45, 2.75) is 6.61 Å². The van der Waals surface area contributed by atoms with Crippen molar-refractivity contribution in [3.8, 4) is 16.3 Å². The first kappa shape index (κ1) is 19.6. The van der Waals surface area contributed by atoms with Gasteiger partial charge in [0.25, 0.3) is 5.91 Å². The average molecular weight is 404 g/mol. The summed E-state index contributed by atoms with van der Waals surface area (Å²) in [5.41, 5.74) is 0.558. The zero-order chi connectivity index (χ0) is 20.1. The number of aromatic nitrogens is 1. The SMILES string of the molecule is C=CCNC(=O)c1csc(-c2ccc(OCc3ccc(F)cc3F)cc2F)n1. The molecule has 0 aliphatic carbocycles. The Kier molecular flexibility index (Phi) is 6.10. The summed E-state index contributed by atoms with van der Waals surface area (Å²) >= 11 is 1.13. The van der Waals surface area contributed by atoms with Gasteiger partial charge in [0, 0.05) is 35.2 Å². The maximum Gasteiger partial charge on any atom is 0.271 e. The Balaban J connectivity index is 1.71. The van der Waals surface area contributed by atoms with E-state index in [0.29, 0.717) is 11.6 Å². The smallest absolute Gasteiger partial charge is 0.271 e. The van der Waals surface area contributed by atoms with Crippen molar-refractivity contribution in [1.29, 1.82) is 0 Å². The second-order valence-electron chi connectivity index (χ2n) is 5.70. The predicted octanol–water partition coefficient (Wildman–Crippen LogP) is 4.72. The maximum atomic E-state index is 14.5. The van der Waals surface area contributed by atoms with Crippen LogP contribution in [0.15, 0.2) is 54.4 Å². The molecule has 0 saturated heterocycles. The van der Waals surface area contributed by atoms with E-state index in [4.69, 9.17) is 4.74 Å². The first-order chi connectivity index (χ1) is 13.5. The summed E-state index contributed by atoms with van der Waals surface area (Å²) in [4.78, 5) is 16.0. The van der Waals surface area contributed by atoms with Gasteiger partial charge < -0.3 is 10.1 Å². The van der Waals surface area contributed by atoms with Crippen molar-refractivity contribution in [2.24, 2.45) is 0 Å². The summed E-state index contributed by atoms with van der Waals surface area (Å²) in [6, 6.07) is 7.28. The number of thiazole rings is 1. The molecule has 1 heterocycles. The number of nitrogens with zero attached hydrogens (tertiary/aromatic N) is 1. The molecule has 4 nitrogen and oxygen atoms in total. The number of hydrogen-bond donors (Lipinski definition) is 1. The van der Waals surface area contributed by atoms with Crippen LogP contribution in [0.5, 0.6) is 5.75 Å². The molecule has 1 amide bonds. The summed E-state index contributed by atoms with van der Waals surface area (Å²) in [6.07, 6.45) is 1.54. The Hall–Kier alpha value is -3.13. The molecule has 0 spiro atoms. The molecule has 1 N–H and O–H groups in total. The lowest BCUT2D eigenvalue weighted by Gasteiger charge is -2.08. The number of halogens is 3. The lowest BCUT2D eigenvalue weighted by atomic mass is 10.2. The Morgan fingerprint density at radius 1 is 1.18 bits per heavy atom. The molecular weight excluding hydrogens is 389 g/mol. The molecule has 0 aliphatic heterocycles. The molecule has 28 heavy (non-hydrogen) atoms. The molecule has 3 aromatic rings. The minimum absolute atomic E-state index is 0.154. The lowest BCUT2D eigenvalue weighted by Crippen LogP contribution is -2.23. The van der Waals surface area contributed by atoms with E-state index in [0.717, 1.165) is 29.5 Å². The van der Waals surface area contributed by atoms with Crippen molar-refractivity contribution in [3.05, 3.63) is 83.1 Å². The van der Waals surface area contributed by atoms with Crippen LogP contribution in [-0.2, 0) is 6.61 Å². The zero-order valence-corrected chi connectivity index (χ0v) is 15.4. The normalized spacial score (nSPS) is 10.5. The minimum atomic E-state index is -0.734. The highest BCUT2D eigenvalue weighted by Crippen LogP contribution is 2.29. The third kappa shape index (κ3) is 4.58. The van der Waals surface area contributed by atoms with Gasteiger partial charge in [0.2, 0.25) is 0 Å². The van der Waals surface area contributed by atoms with Crippen LogP contribution in [0.3, 0.4) is 0 Å². The zero-order valence-electron chi connectivity index (χ0n) is 14.5. The predicted molar refractivity (Wildman–Crippen MR) is 101 cm³/mol. The van der Waals surface area contributed by atoms with Gasteiger partial charge >= 0.3 is 0 Å². The molecule has 0 atom stereocenters. The van der Waals surface area contributed by atoms with Crippen molar-refractivity contribution in [2.75, 3.05) is 6.54 Å². The molecule has 0 unspecified atom stereocenters. The van der Waals surface area contributed by atoms with Crippen LogP contribution in [0.4, 0.5) is 13.2 Å². The van der Waals surface area contributed by atoms with E-state index in [1.165, 1.54) is 23.6 Å². The molecule has 2 aromatic carbocycles. The average Bonchev–Trinajstić information content (AvgIpc) is 3.15. The summed E-state index contributed by atoms with van der Waals surface area (Å²) in [7, 11) is 0. The van der Waals surface area contributed by atoms with Crippen molar-refractivity contribution in [1.82, 2.24) is 10.3 Å². The molecule has 8 heteroatoms. The maximum absolute atomic E-state index is 14.5. The summed E-state index contributed by atoms with van der Waals surface area (Å²) in [6.45, 7) is 3.65. The Labute approximate surface area is 163 Å². The van der Waals surface area contributed by atoms with E-state index in [2.05, 4.69) is 16.9 Å². The molecule has 0 bridgehead atoms. The molecule has 144 valence electrons. The van der Waals surface area contributed by atoms with E-state index in [1.54, 1.807) is 6.08 Å². The van der Waals surface area contributed by atoms with E-state index in [9.17, 15) is 18.0 Å². The van der Waals surface area contributed by atoms with E-state index < -0.39 is 17.5 Å². The highest BCUT2D eigenvalue weighted by atomic mass is 32.1. The number of carbonyl (C=O) groups is 1. The molecular formula is C20H15F3N2O2S. The van der Waals surface area contributed by atoms with E-state index in [-0.39, 0.29) is 35.1 Å². The third-order valence-electron chi connectivity index (χ3n) is 3.72. The highest BCUT2D eigenvalue weighted by Gasteiger charge is 2.15. The van der Waals surface area contributed by atoms with Gasteiger partial charge in [-0.3, -0.25) is 4.79 Å². The molecule has 0 aliphatic rings. The van der Waals surface area contributed by atoms with Gasteiger partial charge in [0.1, 0.15) is 40.5 Å². The van der Waals surface area contributed by atoms with Gasteiger partial charge in [0.05, 0.1) is 0 Å². The largest absolute Gasteiger partial charge is 0.489 e. The minimum Gasteiger partial charge on any atom is -0.489 e. The fraction of sp³-hybridized carbons (Fsp3) is 0.100. The second-order valence-corrected chi connectivity index (χ2v) is 6.56. The van der Waals surface area contributed by atoms with Gasteiger partial charge in [-0.2, -0.15) is 0 Å². The number of amides is 1. The molecule has 0 saturated carbocycles. The van der Waals surface area contributed by atoms with Crippen LogP contribution in [0.2, 0.25) is 0 Å². The van der Waals surface area contributed by atoms with E-state index >= 15 is 0 Å². The summed E-state index contributed by atoms with van der Waals surface area (Å²) in [5, 5.41) is 4.48. The number of carbonyl (C=O) groups excluding carboxylic acids is 1. The van der Waals surface area contributed by atoms with Crippen LogP contribution in [-0.4, -0.2) is 17.4 Å². The molecule has 0 fully saturated rings. The number of nitrogens with one attached hydrogen (secondary N) is 1. The topological polar surface area (TPSA) is 51.2 Å². The molecule has 3 rings (SSSR count). The first-order valence-electron chi connectivity index (χ1n) is 8.19. The molecule has 1 aromatic heterocycles. The van der Waals surface area contributed by atoms with Crippen LogP contribution in [0.25, 0.3) is 10.6 Å². The number of hydrogen-bond acceptors (Lipinski definition) is 4. The fourth-order valence-corrected chi connectivity index (χ4v) is 3.14. The van der Waals surface area contributed by atoms with Crippen LogP contribution >= 0.6 is 11.3 Å². The van der Waals surface area contributed by atoms with Gasteiger partial charge in [0.15, 0.2) is 0 Å². The van der Waals surface area contributed by atoms with Crippen LogP contribution in [0.1, 0.15) is 16.1 Å². The van der Waals surface area contributed by atoms with Crippen molar-refractivity contribution < 1.29 is 22.7 Å². The second kappa shape index (κ2) is 8.71. The first-order valence-corrected chi connectivity index (χ1v) is 9.07. The number of ether oxygens (including phenoxy) is 1. The van der Waals surface area contributed by atoms with Gasteiger partial charge in [-0.05, 0) is 24.3 Å². The Morgan fingerprint density at radius 2 is 2.00 bits per heavy atom. The lowest BCUT2D eigenvalue weighted by molar-refractivity contribution is 0.0954. The Bertz CT molecular complexity index is 1020. The summed E-state index contributed by atoms with van der Waals surface area (Å²) < 4.78 is 46.4. The summed E-state index contributed by atoms with van der Waals surface area (Å²) in [5.74, 6) is -2.20. The number of benzene rings is 2. The van der Waals surface area contributed by atoms with Gasteiger partial charge in [-0.25, -0.2) is 18.2 Å². The standard InChI is InChI=1S/C20H15F3N2O2S/c1-2-7-24-19(26)18-11-28-20(25-18)15-6-5-14(9-17(15)23)27-10-12-3-4-13(21)8-16(12)22/h2-6,8-9,11H,1,7,10H2,(H,24,26). The van der Waals surface area contributed by atoms with Crippen molar-refractivity contribution >= 4 is 17.2 Å². The van der Waals surface area contributed by atoms with Gasteiger partial charge in [-0.1, -0.05) is 6.08 Å². The van der Waals surface area contributed by atoms with Crippen molar-refractivity contribution in [3.63, 3.8) is 0 Å². The van der Waals surface area contributed by atoms with Crippen LogP contribution in [0, 0.1) is 17.5 Å². The Morgan fingerprint density at radius 3 is 2.71 bits per heavy atom.